The highest BCUT2D eigenvalue weighted by atomic mass is 14.9. The van der Waals surface area contributed by atoms with Crippen LogP contribution in [0.15, 0.2) is 565 Å². The summed E-state index contributed by atoms with van der Waals surface area (Å²) < 4.78 is 0. The third-order valence-electron chi connectivity index (χ3n) is 28.0. The van der Waals surface area contributed by atoms with Crippen LogP contribution in [0.2, 0.25) is 0 Å². The fraction of sp³-hybridized carbons (Fsp3) is 0. The number of fused-ring (bicyclic) bond motifs is 6. The predicted molar refractivity (Wildman–Crippen MR) is 622 cm³/mol. The van der Waals surface area contributed by atoms with Gasteiger partial charge in [-0.15, -0.1) is 0 Å². The number of hydrogen-bond donors (Lipinski definition) is 0. The van der Waals surface area contributed by atoms with Gasteiger partial charge >= 0.3 is 0 Å². The van der Waals surface area contributed by atoms with Crippen LogP contribution in [0.5, 0.6) is 0 Å². The van der Waals surface area contributed by atoms with Crippen molar-refractivity contribution in [3.05, 3.63) is 565 Å². The van der Waals surface area contributed by atoms with Crippen molar-refractivity contribution in [1.29, 1.82) is 0 Å². The maximum Gasteiger partial charge on any atom is 0.160 e. The molecule has 0 saturated carbocycles. The van der Waals surface area contributed by atoms with Crippen LogP contribution in [-0.4, -0.2) is 44.9 Å². The number of pyridine rings is 3. The number of para-hydroxylation sites is 3. The molecule has 0 unspecified atom stereocenters. The van der Waals surface area contributed by atoms with E-state index in [2.05, 4.69) is 421 Å². The van der Waals surface area contributed by atoms with Crippen molar-refractivity contribution in [2.24, 2.45) is 0 Å². The molecule has 6 aromatic heterocycles. The summed E-state index contributed by atoms with van der Waals surface area (Å²) in [4.78, 5) is 44.1. The number of nitrogens with zero attached hydrogens (tertiary/aromatic N) is 9. The molecule has 150 heavy (non-hydrogen) atoms. The monoisotopic (exact) mass is 1910 g/mol. The summed E-state index contributed by atoms with van der Waals surface area (Å²) in [6, 6.07) is 192. The Morgan fingerprint density at radius 3 is 0.673 bits per heavy atom. The molecule has 0 aliphatic carbocycles. The average Bonchev–Trinajstić information content (AvgIpc) is 0.775. The quantitative estimate of drug-likeness (QED) is 0.0828. The van der Waals surface area contributed by atoms with Crippen molar-refractivity contribution in [3.8, 4) is 202 Å². The van der Waals surface area contributed by atoms with Gasteiger partial charge in [0.05, 0.1) is 50.7 Å². The molecule has 0 radical (unpaired) electrons. The molecule has 27 rings (SSSR count). The number of hydrogen-bond acceptors (Lipinski definition) is 9. The Kier molecular flexibility index (Phi) is 25.1. The van der Waals surface area contributed by atoms with E-state index in [1.165, 1.54) is 71.3 Å². The molecular weight excluding hydrogens is 1820 g/mol. The highest BCUT2D eigenvalue weighted by molar-refractivity contribution is 6.05. The molecule has 0 fully saturated rings. The zero-order chi connectivity index (χ0) is 99.8. The standard InChI is InChI=1S/3C47H31N3/c1-3-11-35(12-4-1)45-30-46(50-47(49-45)37-13-5-2-6-14-37)36-25-21-32(22-26-36)40-27-38-15-7-9-17-42(38)43(29-40)34-23-19-33(20-24-34)41-28-39-16-8-10-18-44(39)48-31-41;1-3-11-35(12-4-1)45-30-46(36-13-5-2-6-14-36)50-47(49-45)37-25-21-32(22-26-37)40-27-38-15-7-9-17-42(38)43(29-40)34-23-19-33(20-24-34)41-28-39-16-8-10-18-44(39)48-31-41;1-3-11-35(12-4-1)44-31-45(36-13-5-2-6-14-36)50-47(49-44)38-26-20-32(21-27-38)40-29-39-15-7-8-18-41(39)43(30-40)34-24-22-33(23-25-34)42-19-9-16-37-17-10-28-48-46(37)42/h3*1-31H. The molecule has 0 atom stereocenters. The van der Waals surface area contributed by atoms with Crippen LogP contribution in [-0.2, 0) is 0 Å². The normalized spacial score (nSPS) is 11.2. The van der Waals surface area contributed by atoms with Crippen LogP contribution < -0.4 is 0 Å². The zero-order valence-corrected chi connectivity index (χ0v) is 81.7. The molecule has 0 saturated heterocycles. The van der Waals surface area contributed by atoms with Gasteiger partial charge in [0.15, 0.2) is 17.5 Å². The molecule has 0 N–H and O–H groups in total. The lowest BCUT2D eigenvalue weighted by molar-refractivity contribution is 1.18. The van der Waals surface area contributed by atoms with Crippen LogP contribution in [0.4, 0.5) is 0 Å². The SMILES string of the molecule is c1ccc(-c2cc(-c3ccc(-c4cc(-c5ccc(-c6cnc7ccccc7c6)cc5)c5ccccc5c4)cc3)nc(-c3ccccc3)n2)cc1.c1ccc(-c2cc(-c3ccccc3)nc(-c3ccc(-c4cc(-c5ccc(-c6cccc7cccnc67)cc5)c5ccccc5c4)cc3)n2)cc1.c1ccc(-c2cc(-c3ccccc3)nc(-c3ccc(-c4cc(-c5ccc(-c6cnc7ccccc7c6)cc5)c5ccccc5c4)cc3)n2)cc1. The molecule has 0 bridgehead atoms. The van der Waals surface area contributed by atoms with E-state index in [1.54, 1.807) is 0 Å². The van der Waals surface area contributed by atoms with Gasteiger partial charge in [0.1, 0.15) is 0 Å². The minimum Gasteiger partial charge on any atom is -0.256 e. The largest absolute Gasteiger partial charge is 0.256 e. The third-order valence-corrected chi connectivity index (χ3v) is 28.0. The highest BCUT2D eigenvalue weighted by Crippen LogP contribution is 2.44. The van der Waals surface area contributed by atoms with E-state index in [0.29, 0.717) is 17.5 Å². The Balaban J connectivity index is 0.000000116. The summed E-state index contributed by atoms with van der Waals surface area (Å²) >= 11 is 0. The van der Waals surface area contributed by atoms with Crippen molar-refractivity contribution < 1.29 is 0 Å². The summed E-state index contributed by atoms with van der Waals surface area (Å²) in [5.74, 6) is 2.13. The first kappa shape index (κ1) is 91.1. The van der Waals surface area contributed by atoms with Crippen molar-refractivity contribution in [2.45, 2.75) is 0 Å². The summed E-state index contributed by atoms with van der Waals surface area (Å²) in [6.07, 6.45) is 5.78. The fourth-order valence-electron chi connectivity index (χ4n) is 20.2. The van der Waals surface area contributed by atoms with Gasteiger partial charge in [-0.25, -0.2) is 29.9 Å². The first-order valence-corrected chi connectivity index (χ1v) is 50.5. The molecule has 702 valence electrons. The van der Waals surface area contributed by atoms with Gasteiger partial charge < -0.3 is 0 Å². The molecular formula is C141H93N9. The van der Waals surface area contributed by atoms with E-state index >= 15 is 0 Å². The van der Waals surface area contributed by atoms with Gasteiger partial charge in [-0.05, 0) is 201 Å². The van der Waals surface area contributed by atoms with E-state index in [4.69, 9.17) is 29.9 Å². The molecule has 0 amide bonds. The number of rotatable bonds is 18. The molecule has 21 aromatic carbocycles. The van der Waals surface area contributed by atoms with Crippen molar-refractivity contribution in [2.75, 3.05) is 0 Å². The summed E-state index contributed by atoms with van der Waals surface area (Å²) in [6.45, 7) is 0. The molecule has 6 heterocycles. The predicted octanol–water partition coefficient (Wildman–Crippen LogP) is 36.5. The van der Waals surface area contributed by atoms with E-state index in [-0.39, 0.29) is 0 Å². The Bertz CT molecular complexity index is 9040. The average molecular weight is 1910 g/mol. The van der Waals surface area contributed by atoms with Crippen LogP contribution in [0.3, 0.4) is 0 Å². The van der Waals surface area contributed by atoms with E-state index < -0.39 is 0 Å². The van der Waals surface area contributed by atoms with Gasteiger partial charge in [0.25, 0.3) is 0 Å². The van der Waals surface area contributed by atoms with Gasteiger partial charge in [-0.1, -0.05) is 461 Å². The van der Waals surface area contributed by atoms with Crippen molar-refractivity contribution in [3.63, 3.8) is 0 Å². The van der Waals surface area contributed by atoms with E-state index in [1.807, 2.05) is 158 Å². The van der Waals surface area contributed by atoms with Crippen LogP contribution in [0.1, 0.15) is 0 Å². The van der Waals surface area contributed by atoms with Crippen LogP contribution >= 0.6 is 0 Å². The fourth-order valence-corrected chi connectivity index (χ4v) is 20.2. The molecule has 9 nitrogen and oxygen atoms in total. The molecule has 9 heteroatoms. The zero-order valence-electron chi connectivity index (χ0n) is 81.7. The minimum absolute atomic E-state index is 0.706. The topological polar surface area (TPSA) is 116 Å². The first-order valence-electron chi connectivity index (χ1n) is 50.5. The number of benzene rings is 21. The smallest absolute Gasteiger partial charge is 0.160 e. The van der Waals surface area contributed by atoms with E-state index in [9.17, 15) is 0 Å². The first-order chi connectivity index (χ1) is 74.3. The molecule has 0 spiro atoms. The molecule has 27 aromatic rings. The Morgan fingerprint density at radius 2 is 0.347 bits per heavy atom. The summed E-state index contributed by atoms with van der Waals surface area (Å²) in [5, 5.41) is 10.7. The third kappa shape index (κ3) is 19.4. The second-order valence-electron chi connectivity index (χ2n) is 37.5. The lowest BCUT2D eigenvalue weighted by Crippen LogP contribution is -1.96. The minimum atomic E-state index is 0.706. The maximum absolute atomic E-state index is 5.03. The second kappa shape index (κ2) is 41.3. The van der Waals surface area contributed by atoms with Gasteiger partial charge in [-0.2, -0.15) is 0 Å². The van der Waals surface area contributed by atoms with Gasteiger partial charge in [0, 0.05) is 102 Å². The van der Waals surface area contributed by atoms with Gasteiger partial charge in [0.2, 0.25) is 0 Å². The van der Waals surface area contributed by atoms with E-state index in [0.717, 1.165) is 178 Å². The van der Waals surface area contributed by atoms with Crippen LogP contribution in [0, 0.1) is 0 Å². The van der Waals surface area contributed by atoms with Crippen LogP contribution in [0.25, 0.3) is 267 Å². The lowest BCUT2D eigenvalue weighted by atomic mass is 9.91. The Labute approximate surface area is 870 Å². The summed E-state index contributed by atoms with van der Waals surface area (Å²) in [5.41, 5.74) is 38.7. The molecule has 0 aliphatic heterocycles. The highest BCUT2D eigenvalue weighted by Gasteiger charge is 2.21. The van der Waals surface area contributed by atoms with Crippen molar-refractivity contribution >= 4 is 65.0 Å². The van der Waals surface area contributed by atoms with Gasteiger partial charge in [-0.3, -0.25) is 15.0 Å². The number of aromatic nitrogens is 9. The Hall–Kier alpha value is -20.1. The summed E-state index contributed by atoms with van der Waals surface area (Å²) in [7, 11) is 0. The second-order valence-corrected chi connectivity index (χ2v) is 37.5. The van der Waals surface area contributed by atoms with Crippen molar-refractivity contribution in [1.82, 2.24) is 44.9 Å². The Morgan fingerprint density at radius 1 is 0.120 bits per heavy atom. The maximum atomic E-state index is 5.03. The lowest BCUT2D eigenvalue weighted by Gasteiger charge is -2.13. The molecule has 0 aliphatic rings.